The van der Waals surface area contributed by atoms with E-state index in [-0.39, 0.29) is 47.7 Å². The first-order chi connectivity index (χ1) is 17.9. The van der Waals surface area contributed by atoms with E-state index in [9.17, 15) is 27.1 Å². The Bertz CT molecular complexity index is 1540. The van der Waals surface area contributed by atoms with Crippen molar-refractivity contribution in [3.63, 3.8) is 0 Å². The van der Waals surface area contributed by atoms with E-state index in [4.69, 9.17) is 23.2 Å². The number of aromatic amines is 1. The summed E-state index contributed by atoms with van der Waals surface area (Å²) in [6, 6.07) is 1.45. The van der Waals surface area contributed by atoms with Gasteiger partial charge in [-0.3, -0.25) is 9.89 Å². The van der Waals surface area contributed by atoms with Gasteiger partial charge >= 0.3 is 0 Å². The summed E-state index contributed by atoms with van der Waals surface area (Å²) in [5.41, 5.74) is -1.36. The second-order valence-corrected chi connectivity index (χ2v) is 13.6. The average Bonchev–Trinajstić information content (AvgIpc) is 3.50. The number of halogens is 4. The van der Waals surface area contributed by atoms with Crippen LogP contribution in [0.25, 0.3) is 21.3 Å². The zero-order valence-corrected chi connectivity index (χ0v) is 24.7. The minimum absolute atomic E-state index is 0.0553. The Morgan fingerprint density at radius 2 is 1.95 bits per heavy atom. The molecule has 3 heterocycles. The monoisotopic (exact) mass is 622 g/mol. The summed E-state index contributed by atoms with van der Waals surface area (Å²) in [5.74, 6) is -3.62. The van der Waals surface area contributed by atoms with Crippen molar-refractivity contribution in [1.29, 1.82) is 0 Å². The van der Waals surface area contributed by atoms with Crippen LogP contribution in [0.2, 0.25) is 10.0 Å². The van der Waals surface area contributed by atoms with Gasteiger partial charge in [0.2, 0.25) is 15.8 Å². The highest BCUT2D eigenvalue weighted by Gasteiger charge is 2.46. The van der Waals surface area contributed by atoms with Gasteiger partial charge < -0.3 is 10.0 Å². The molecule has 212 valence electrons. The van der Waals surface area contributed by atoms with Crippen molar-refractivity contribution in [3.05, 3.63) is 33.7 Å². The third-order valence-electron chi connectivity index (χ3n) is 5.85. The minimum atomic E-state index is -4.01. The van der Waals surface area contributed by atoms with E-state index < -0.39 is 52.5 Å². The number of benzene rings is 1. The Morgan fingerprint density at radius 1 is 1.28 bits per heavy atom. The van der Waals surface area contributed by atoms with Crippen molar-refractivity contribution in [2.45, 2.75) is 69.5 Å². The molecule has 39 heavy (non-hydrogen) atoms. The first kappa shape index (κ1) is 29.7. The highest BCUT2D eigenvalue weighted by molar-refractivity contribution is 7.89. The van der Waals surface area contributed by atoms with Crippen molar-refractivity contribution in [3.8, 4) is 21.3 Å². The molecule has 3 aromatic rings. The molecule has 1 atom stereocenters. The molecule has 3 N–H and O–H groups in total. The lowest BCUT2D eigenvalue weighted by atomic mass is 10.1. The smallest absolute Gasteiger partial charge is 0.274 e. The van der Waals surface area contributed by atoms with E-state index in [1.54, 1.807) is 13.8 Å². The molecule has 16 heteroatoms. The van der Waals surface area contributed by atoms with Crippen molar-refractivity contribution in [1.82, 2.24) is 29.8 Å². The van der Waals surface area contributed by atoms with E-state index in [1.165, 1.54) is 32.9 Å². The van der Waals surface area contributed by atoms with Gasteiger partial charge in [0.25, 0.3) is 11.8 Å². The van der Waals surface area contributed by atoms with Gasteiger partial charge in [-0.25, -0.2) is 31.9 Å². The van der Waals surface area contributed by atoms with Crippen LogP contribution in [0.4, 0.5) is 8.78 Å². The summed E-state index contributed by atoms with van der Waals surface area (Å²) in [4.78, 5) is 23.1. The van der Waals surface area contributed by atoms with Crippen LogP contribution >= 0.6 is 34.5 Å². The van der Waals surface area contributed by atoms with Crippen molar-refractivity contribution >= 4 is 50.5 Å². The van der Waals surface area contributed by atoms with Gasteiger partial charge in [0.05, 0.1) is 21.5 Å². The molecule has 0 spiro atoms. The maximum absolute atomic E-state index is 14.1. The summed E-state index contributed by atoms with van der Waals surface area (Å²) in [5, 5.41) is 16.6. The van der Waals surface area contributed by atoms with Crippen LogP contribution < -0.4 is 4.72 Å². The van der Waals surface area contributed by atoms with E-state index in [2.05, 4.69) is 24.9 Å². The molecule has 0 aliphatic carbocycles. The molecule has 1 aromatic carbocycles. The second-order valence-electron chi connectivity index (χ2n) is 10.1. The van der Waals surface area contributed by atoms with Crippen LogP contribution in [0.1, 0.15) is 57.4 Å². The fourth-order valence-electron chi connectivity index (χ4n) is 4.08. The van der Waals surface area contributed by atoms with Crippen LogP contribution in [0, 0.1) is 0 Å². The summed E-state index contributed by atoms with van der Waals surface area (Å²) in [7, 11) is -4.01. The lowest BCUT2D eigenvalue weighted by Gasteiger charge is -2.20. The molecule has 0 unspecified atom stereocenters. The number of aromatic nitrogens is 4. The standard InChI is InChI=1S/C23H26Cl2F2N6O4S2/c1-10(2)32-39(36,37)13-7-6-12(14(24)15(13)25)17-16(20(34)33-9-23(26,27)8-11(33)3)28-19(38-17)18-29-21(31-30-18)22(4,5)35/h6-7,10-11,32,35H,8-9H2,1-5H3,(H,29,30,31)/t11-/m0/s1. The highest BCUT2D eigenvalue weighted by atomic mass is 35.5. The van der Waals surface area contributed by atoms with Gasteiger partial charge in [-0.05, 0) is 40.7 Å². The molecule has 2 aromatic heterocycles. The minimum Gasteiger partial charge on any atom is -0.382 e. The van der Waals surface area contributed by atoms with Crippen molar-refractivity contribution < 1.29 is 27.1 Å². The number of amides is 1. The average molecular weight is 624 g/mol. The summed E-state index contributed by atoms with van der Waals surface area (Å²) in [6.45, 7) is 7.03. The predicted octanol–water partition coefficient (Wildman–Crippen LogP) is 4.69. The quantitative estimate of drug-likeness (QED) is 0.347. The Hall–Kier alpha value is -2.23. The van der Waals surface area contributed by atoms with Crippen LogP contribution in [0.15, 0.2) is 17.0 Å². The number of sulfonamides is 1. The molecular formula is C23H26Cl2F2N6O4S2. The number of rotatable bonds is 7. The SMILES string of the molecule is CC(C)NS(=O)(=O)c1ccc(-c2sc(-c3n[nH]c(C(C)(C)O)n3)nc2C(=O)N2CC(F)(F)C[C@@H]2C)c(Cl)c1Cl. The van der Waals surface area contributed by atoms with E-state index >= 15 is 0 Å². The van der Waals surface area contributed by atoms with E-state index in [0.29, 0.717) is 0 Å². The van der Waals surface area contributed by atoms with Crippen LogP contribution in [0.5, 0.6) is 0 Å². The number of alkyl halides is 2. The number of likely N-dealkylation sites (tertiary alicyclic amines) is 1. The third kappa shape index (κ3) is 5.95. The van der Waals surface area contributed by atoms with Gasteiger partial charge in [0.1, 0.15) is 16.2 Å². The molecule has 1 aliphatic rings. The molecule has 10 nitrogen and oxygen atoms in total. The predicted molar refractivity (Wildman–Crippen MR) is 144 cm³/mol. The number of H-pyrrole nitrogens is 1. The summed E-state index contributed by atoms with van der Waals surface area (Å²) in [6.07, 6.45) is -0.497. The number of carbonyl (C=O) groups excluding carboxylic acids is 1. The van der Waals surface area contributed by atoms with E-state index in [1.807, 2.05) is 0 Å². The maximum Gasteiger partial charge on any atom is 0.274 e. The zero-order chi connectivity index (χ0) is 29.1. The normalized spacial score (nSPS) is 17.8. The zero-order valence-electron chi connectivity index (χ0n) is 21.5. The lowest BCUT2D eigenvalue weighted by molar-refractivity contribution is 0.0118. The number of carbonyl (C=O) groups is 1. The molecule has 1 amide bonds. The maximum atomic E-state index is 14.1. The lowest BCUT2D eigenvalue weighted by Crippen LogP contribution is -2.35. The van der Waals surface area contributed by atoms with Gasteiger partial charge in [0.15, 0.2) is 10.8 Å². The fourth-order valence-corrected chi connectivity index (χ4v) is 7.28. The Kier molecular flexibility index (Phi) is 7.86. The third-order valence-corrected chi connectivity index (χ3v) is 9.63. The number of hydrogen-bond donors (Lipinski definition) is 3. The van der Waals surface area contributed by atoms with Crippen LogP contribution in [-0.2, 0) is 15.6 Å². The molecule has 0 radical (unpaired) electrons. The van der Waals surface area contributed by atoms with Crippen LogP contribution in [-0.4, -0.2) is 69.0 Å². The fraction of sp³-hybridized carbons (Fsp3) is 0.478. The van der Waals surface area contributed by atoms with E-state index in [0.717, 1.165) is 16.2 Å². The summed E-state index contributed by atoms with van der Waals surface area (Å²) < 4.78 is 56.2. The molecule has 4 rings (SSSR count). The first-order valence-electron chi connectivity index (χ1n) is 11.8. The highest BCUT2D eigenvalue weighted by Crippen LogP contribution is 2.44. The topological polar surface area (TPSA) is 141 Å². The number of nitrogens with one attached hydrogen (secondary N) is 2. The second kappa shape index (κ2) is 10.3. The molecule has 1 fully saturated rings. The molecule has 1 saturated heterocycles. The largest absolute Gasteiger partial charge is 0.382 e. The van der Waals surface area contributed by atoms with Gasteiger partial charge in [-0.2, -0.15) is 5.10 Å². The number of aliphatic hydroxyl groups is 1. The van der Waals surface area contributed by atoms with Gasteiger partial charge in [-0.1, -0.05) is 29.3 Å². The first-order valence-corrected chi connectivity index (χ1v) is 14.8. The number of nitrogens with zero attached hydrogens (tertiary/aromatic N) is 4. The summed E-state index contributed by atoms with van der Waals surface area (Å²) >= 11 is 13.9. The molecular weight excluding hydrogens is 597 g/mol. The number of hydrogen-bond acceptors (Lipinski definition) is 8. The Labute approximate surface area is 237 Å². The van der Waals surface area contributed by atoms with Crippen molar-refractivity contribution in [2.75, 3.05) is 6.54 Å². The van der Waals surface area contributed by atoms with Gasteiger partial charge in [0, 0.05) is 24.1 Å². The molecule has 1 aliphatic heterocycles. The number of thiazole rings is 1. The molecule has 0 saturated carbocycles. The van der Waals surface area contributed by atoms with Crippen molar-refractivity contribution in [2.24, 2.45) is 0 Å². The molecule has 0 bridgehead atoms. The van der Waals surface area contributed by atoms with Gasteiger partial charge in [-0.15, -0.1) is 11.3 Å². The Morgan fingerprint density at radius 3 is 2.49 bits per heavy atom. The van der Waals surface area contributed by atoms with Crippen LogP contribution in [0.3, 0.4) is 0 Å². The Balaban J connectivity index is 1.87.